The van der Waals surface area contributed by atoms with Crippen molar-refractivity contribution >= 4 is 17.6 Å². The number of carbonyl (C=O) groups excluding carboxylic acids is 1. The molecule has 1 aliphatic rings. The highest BCUT2D eigenvalue weighted by Gasteiger charge is 2.32. The van der Waals surface area contributed by atoms with E-state index in [1.165, 1.54) is 11.1 Å². The molecule has 0 saturated heterocycles. The molecule has 0 aliphatic carbocycles. The van der Waals surface area contributed by atoms with Gasteiger partial charge < -0.3 is 10.0 Å². The smallest absolute Gasteiger partial charge is 0.308 e. The topological polar surface area (TPSA) is 86.3 Å². The highest BCUT2D eigenvalue weighted by molar-refractivity contribution is 6.05. The second-order valence-electron chi connectivity index (χ2n) is 4.75. The first-order valence-electron chi connectivity index (χ1n) is 6.29. The van der Waals surface area contributed by atoms with Gasteiger partial charge in [-0.25, -0.2) is 0 Å². The van der Waals surface area contributed by atoms with Gasteiger partial charge in [-0.3, -0.25) is 14.7 Å². The van der Waals surface area contributed by atoms with Crippen molar-refractivity contribution in [3.63, 3.8) is 0 Å². The average Bonchev–Trinajstić information content (AvgIpc) is 2.99. The number of benzene rings is 1. The van der Waals surface area contributed by atoms with E-state index in [4.69, 9.17) is 0 Å². The van der Waals surface area contributed by atoms with E-state index >= 15 is 0 Å². The number of aliphatic carboxylic acids is 1. The van der Waals surface area contributed by atoms with Gasteiger partial charge >= 0.3 is 5.97 Å². The average molecular weight is 271 g/mol. The third-order valence-electron chi connectivity index (χ3n) is 3.48. The van der Waals surface area contributed by atoms with Gasteiger partial charge in [0, 0.05) is 18.4 Å². The number of nitrogens with zero attached hydrogens (tertiary/aromatic N) is 2. The predicted molar refractivity (Wildman–Crippen MR) is 71.5 cm³/mol. The number of anilines is 1. The van der Waals surface area contributed by atoms with Crippen molar-refractivity contribution in [2.24, 2.45) is 5.92 Å². The lowest BCUT2D eigenvalue weighted by Crippen LogP contribution is -2.42. The number of nitrogens with one attached hydrogen (secondary N) is 1. The van der Waals surface area contributed by atoms with E-state index in [2.05, 4.69) is 10.2 Å². The summed E-state index contributed by atoms with van der Waals surface area (Å²) in [6.07, 6.45) is 1.94. The number of carbonyl (C=O) groups is 2. The predicted octanol–water partition coefficient (Wildman–Crippen LogP) is 1.31. The number of hydrogen-bond acceptors (Lipinski definition) is 3. The van der Waals surface area contributed by atoms with E-state index in [9.17, 15) is 14.7 Å². The third kappa shape index (κ3) is 2.05. The molecule has 0 spiro atoms. The summed E-state index contributed by atoms with van der Waals surface area (Å²) < 4.78 is 0. The molecule has 0 saturated carbocycles. The van der Waals surface area contributed by atoms with Crippen molar-refractivity contribution in [3.05, 3.63) is 47.8 Å². The van der Waals surface area contributed by atoms with Crippen LogP contribution >= 0.6 is 0 Å². The molecule has 1 amide bonds. The number of fused-ring (bicyclic) bond motifs is 1. The molecule has 6 heteroatoms. The van der Waals surface area contributed by atoms with E-state index in [0.717, 1.165) is 11.3 Å². The molecule has 1 aromatic carbocycles. The number of carboxylic acid groups (broad SMARTS) is 1. The van der Waals surface area contributed by atoms with Gasteiger partial charge in [-0.1, -0.05) is 18.2 Å². The normalized spacial score (nSPS) is 17.6. The van der Waals surface area contributed by atoms with Gasteiger partial charge in [-0.05, 0) is 24.1 Å². The zero-order chi connectivity index (χ0) is 14.1. The van der Waals surface area contributed by atoms with Gasteiger partial charge in [-0.15, -0.1) is 0 Å². The second kappa shape index (κ2) is 4.80. The summed E-state index contributed by atoms with van der Waals surface area (Å²) in [6.45, 7) is 0.171. The Morgan fingerprint density at radius 3 is 2.80 bits per heavy atom. The van der Waals surface area contributed by atoms with E-state index in [-0.39, 0.29) is 12.5 Å². The summed E-state index contributed by atoms with van der Waals surface area (Å²) in [5.74, 6) is -1.74. The van der Waals surface area contributed by atoms with E-state index in [0.29, 0.717) is 12.1 Å². The van der Waals surface area contributed by atoms with Crippen molar-refractivity contribution in [1.82, 2.24) is 10.2 Å². The van der Waals surface area contributed by atoms with Gasteiger partial charge in [0.05, 0.1) is 5.92 Å². The first kappa shape index (κ1) is 12.4. The van der Waals surface area contributed by atoms with Crippen LogP contribution in [0.4, 0.5) is 5.69 Å². The molecule has 0 bridgehead atoms. The van der Waals surface area contributed by atoms with Gasteiger partial charge in [-0.2, -0.15) is 5.10 Å². The quantitative estimate of drug-likeness (QED) is 0.862. The zero-order valence-corrected chi connectivity index (χ0v) is 10.6. The molecular weight excluding hydrogens is 258 g/mol. The zero-order valence-electron chi connectivity index (χ0n) is 10.6. The fraction of sp³-hybridized carbons (Fsp3) is 0.214. The maximum atomic E-state index is 12.5. The number of aromatic amines is 1. The fourth-order valence-electron chi connectivity index (χ4n) is 2.47. The van der Waals surface area contributed by atoms with E-state index < -0.39 is 11.9 Å². The Balaban J connectivity index is 2.01. The highest BCUT2D eigenvalue weighted by atomic mass is 16.4. The Labute approximate surface area is 115 Å². The molecule has 102 valence electrons. The molecular formula is C14H13N3O3. The molecule has 6 nitrogen and oxygen atoms in total. The molecule has 0 radical (unpaired) electrons. The molecule has 1 unspecified atom stereocenters. The summed E-state index contributed by atoms with van der Waals surface area (Å²) in [7, 11) is 0. The molecule has 2 N–H and O–H groups in total. The van der Waals surface area contributed by atoms with Crippen molar-refractivity contribution < 1.29 is 14.7 Å². The lowest BCUT2D eigenvalue weighted by molar-refractivity contribution is -0.141. The van der Waals surface area contributed by atoms with Crippen molar-refractivity contribution in [2.75, 3.05) is 11.4 Å². The van der Waals surface area contributed by atoms with E-state index in [1.807, 2.05) is 24.3 Å². The molecule has 3 rings (SSSR count). The minimum Gasteiger partial charge on any atom is -0.481 e. The van der Waals surface area contributed by atoms with Crippen LogP contribution in [0, 0.1) is 5.92 Å². The van der Waals surface area contributed by atoms with Gasteiger partial charge in [0.2, 0.25) is 0 Å². The largest absolute Gasteiger partial charge is 0.481 e. The fourth-order valence-corrected chi connectivity index (χ4v) is 2.47. The summed E-state index contributed by atoms with van der Waals surface area (Å²) >= 11 is 0. The first-order chi connectivity index (χ1) is 9.66. The Hall–Kier alpha value is -2.63. The standard InChI is InChI=1S/C14H13N3O3/c18-13(11-5-6-15-16-11)17-8-10(14(19)20)7-9-3-1-2-4-12(9)17/h1-6,10H,7-8H2,(H,15,16)(H,19,20). The highest BCUT2D eigenvalue weighted by Crippen LogP contribution is 2.30. The van der Waals surface area contributed by atoms with Gasteiger partial charge in [0.1, 0.15) is 5.69 Å². The second-order valence-corrected chi connectivity index (χ2v) is 4.75. The Kier molecular flexibility index (Phi) is 2.98. The molecule has 2 aromatic rings. The number of H-pyrrole nitrogens is 1. The summed E-state index contributed by atoms with van der Waals surface area (Å²) in [5, 5.41) is 15.6. The van der Waals surface area contributed by atoms with Crippen LogP contribution in [0.15, 0.2) is 36.5 Å². The monoisotopic (exact) mass is 271 g/mol. The van der Waals surface area contributed by atoms with Crippen LogP contribution in [-0.4, -0.2) is 33.7 Å². The lowest BCUT2D eigenvalue weighted by atomic mass is 9.92. The number of para-hydroxylation sites is 1. The molecule has 20 heavy (non-hydrogen) atoms. The summed E-state index contributed by atoms with van der Waals surface area (Å²) in [6, 6.07) is 8.96. The maximum Gasteiger partial charge on any atom is 0.308 e. The molecule has 2 heterocycles. The number of hydrogen-bond donors (Lipinski definition) is 2. The molecule has 1 aromatic heterocycles. The van der Waals surface area contributed by atoms with Crippen LogP contribution < -0.4 is 4.90 Å². The number of rotatable bonds is 2. The Morgan fingerprint density at radius 1 is 1.30 bits per heavy atom. The lowest BCUT2D eigenvalue weighted by Gasteiger charge is -2.32. The van der Waals surface area contributed by atoms with Crippen LogP contribution in [0.1, 0.15) is 16.1 Å². The minimum absolute atomic E-state index is 0.171. The van der Waals surface area contributed by atoms with Gasteiger partial charge in [0.15, 0.2) is 0 Å². The maximum absolute atomic E-state index is 12.5. The molecule has 1 aliphatic heterocycles. The van der Waals surface area contributed by atoms with Crippen molar-refractivity contribution in [1.29, 1.82) is 0 Å². The van der Waals surface area contributed by atoms with Crippen LogP contribution in [-0.2, 0) is 11.2 Å². The van der Waals surface area contributed by atoms with Crippen molar-refractivity contribution in [2.45, 2.75) is 6.42 Å². The van der Waals surface area contributed by atoms with E-state index in [1.54, 1.807) is 6.07 Å². The third-order valence-corrected chi connectivity index (χ3v) is 3.48. The first-order valence-corrected chi connectivity index (χ1v) is 6.29. The van der Waals surface area contributed by atoms with Crippen LogP contribution in [0.3, 0.4) is 0 Å². The van der Waals surface area contributed by atoms with Gasteiger partial charge in [0.25, 0.3) is 5.91 Å². The Morgan fingerprint density at radius 2 is 2.10 bits per heavy atom. The number of carboxylic acids is 1. The van der Waals surface area contributed by atoms with Crippen LogP contribution in [0.25, 0.3) is 0 Å². The van der Waals surface area contributed by atoms with Crippen LogP contribution in [0.2, 0.25) is 0 Å². The number of aromatic nitrogens is 2. The number of amides is 1. The Bertz CT molecular complexity index is 651. The van der Waals surface area contributed by atoms with Crippen LogP contribution in [0.5, 0.6) is 0 Å². The molecule has 1 atom stereocenters. The minimum atomic E-state index is -0.887. The SMILES string of the molecule is O=C(O)C1Cc2ccccc2N(C(=O)c2ccn[nH]2)C1. The molecule has 0 fully saturated rings. The summed E-state index contributed by atoms with van der Waals surface area (Å²) in [4.78, 5) is 25.2. The summed E-state index contributed by atoms with van der Waals surface area (Å²) in [5.41, 5.74) is 1.99. The van der Waals surface area contributed by atoms with Crippen molar-refractivity contribution in [3.8, 4) is 0 Å².